The van der Waals surface area contributed by atoms with Gasteiger partial charge in [0.25, 0.3) is 0 Å². The number of nitrogens with zero attached hydrogens (tertiary/aromatic N) is 1. The minimum atomic E-state index is -0.194. The molecule has 5 heteroatoms. The molecule has 1 aliphatic rings. The van der Waals surface area contributed by atoms with E-state index in [9.17, 15) is 4.39 Å². The fourth-order valence-electron chi connectivity index (χ4n) is 2.54. The number of aromatic amines is 1. The Morgan fingerprint density at radius 2 is 2.23 bits per heavy atom. The Morgan fingerprint density at radius 3 is 3.00 bits per heavy atom. The standard InChI is InChI=1S/C17H23FN4/c1-2-19-17(22-10-12-3-4-12)20-8-7-13-11-21-16-6-5-14(18)9-15(13)16/h5-6,9,11-12,21H,2-4,7-8,10H2,1H3,(H2,19,20,22). The van der Waals surface area contributed by atoms with Crippen LogP contribution in [-0.2, 0) is 6.42 Å². The third kappa shape index (κ3) is 3.78. The Balaban J connectivity index is 1.58. The van der Waals surface area contributed by atoms with E-state index < -0.39 is 0 Å². The van der Waals surface area contributed by atoms with Crippen molar-refractivity contribution >= 4 is 16.9 Å². The summed E-state index contributed by atoms with van der Waals surface area (Å²) in [5, 5.41) is 7.58. The Bertz CT molecular complexity index is 658. The van der Waals surface area contributed by atoms with E-state index in [1.54, 1.807) is 12.1 Å². The topological polar surface area (TPSA) is 52.2 Å². The van der Waals surface area contributed by atoms with E-state index in [0.29, 0.717) is 0 Å². The largest absolute Gasteiger partial charge is 0.361 e. The molecule has 3 N–H and O–H groups in total. The van der Waals surface area contributed by atoms with Crippen molar-refractivity contribution in [2.45, 2.75) is 26.2 Å². The van der Waals surface area contributed by atoms with Gasteiger partial charge in [-0.05, 0) is 55.9 Å². The number of guanidine groups is 1. The third-order valence-corrected chi connectivity index (χ3v) is 3.96. The van der Waals surface area contributed by atoms with Gasteiger partial charge < -0.3 is 15.6 Å². The molecule has 0 radical (unpaired) electrons. The van der Waals surface area contributed by atoms with Crippen LogP contribution in [0.3, 0.4) is 0 Å². The molecule has 0 atom stereocenters. The highest BCUT2D eigenvalue weighted by molar-refractivity contribution is 5.83. The van der Waals surface area contributed by atoms with E-state index >= 15 is 0 Å². The number of halogens is 1. The number of H-pyrrole nitrogens is 1. The number of hydrogen-bond donors (Lipinski definition) is 3. The number of rotatable bonds is 6. The van der Waals surface area contributed by atoms with Crippen LogP contribution in [0.5, 0.6) is 0 Å². The van der Waals surface area contributed by atoms with Crippen LogP contribution in [-0.4, -0.2) is 30.6 Å². The number of benzene rings is 1. The minimum absolute atomic E-state index is 0.194. The maximum Gasteiger partial charge on any atom is 0.191 e. The first-order chi connectivity index (χ1) is 10.8. The lowest BCUT2D eigenvalue weighted by molar-refractivity contribution is 0.629. The average Bonchev–Trinajstić information content (AvgIpc) is 3.26. The van der Waals surface area contributed by atoms with Gasteiger partial charge >= 0.3 is 0 Å². The van der Waals surface area contributed by atoms with Crippen LogP contribution < -0.4 is 10.6 Å². The molecular weight excluding hydrogens is 279 g/mol. The molecule has 0 unspecified atom stereocenters. The molecule has 1 heterocycles. The van der Waals surface area contributed by atoms with E-state index in [-0.39, 0.29) is 5.82 Å². The van der Waals surface area contributed by atoms with E-state index in [4.69, 9.17) is 0 Å². The second-order valence-electron chi connectivity index (χ2n) is 5.84. The molecule has 0 spiro atoms. The average molecular weight is 302 g/mol. The van der Waals surface area contributed by atoms with Crippen molar-refractivity contribution in [1.82, 2.24) is 15.6 Å². The minimum Gasteiger partial charge on any atom is -0.361 e. The van der Waals surface area contributed by atoms with E-state index in [1.165, 1.54) is 18.9 Å². The number of nitrogens with one attached hydrogen (secondary N) is 3. The van der Waals surface area contributed by atoms with Gasteiger partial charge in [-0.3, -0.25) is 4.99 Å². The van der Waals surface area contributed by atoms with Gasteiger partial charge in [0.15, 0.2) is 5.96 Å². The molecule has 2 aromatic rings. The molecule has 1 aliphatic carbocycles. The molecule has 0 aliphatic heterocycles. The summed E-state index contributed by atoms with van der Waals surface area (Å²) in [6.45, 7) is 4.61. The zero-order valence-electron chi connectivity index (χ0n) is 13.0. The highest BCUT2D eigenvalue weighted by atomic mass is 19.1. The van der Waals surface area contributed by atoms with Crippen LogP contribution in [0, 0.1) is 11.7 Å². The molecule has 1 aromatic carbocycles. The SMILES string of the molecule is CCNC(=NCC1CC1)NCCc1c[nH]c2ccc(F)cc12. The number of fused-ring (bicyclic) bond motifs is 1. The Hall–Kier alpha value is -2.04. The number of hydrogen-bond acceptors (Lipinski definition) is 1. The fraction of sp³-hybridized carbons (Fsp3) is 0.471. The molecule has 3 rings (SSSR count). The monoisotopic (exact) mass is 302 g/mol. The van der Waals surface area contributed by atoms with E-state index in [2.05, 4.69) is 27.5 Å². The first-order valence-corrected chi connectivity index (χ1v) is 8.04. The van der Waals surface area contributed by atoms with Gasteiger partial charge in [0.05, 0.1) is 0 Å². The molecule has 0 amide bonds. The summed E-state index contributed by atoms with van der Waals surface area (Å²) in [6.07, 6.45) is 5.41. The van der Waals surface area contributed by atoms with Gasteiger partial charge in [-0.15, -0.1) is 0 Å². The summed E-state index contributed by atoms with van der Waals surface area (Å²) in [4.78, 5) is 7.78. The lowest BCUT2D eigenvalue weighted by Crippen LogP contribution is -2.38. The second kappa shape index (κ2) is 6.81. The summed E-state index contributed by atoms with van der Waals surface area (Å²) in [5.74, 6) is 1.47. The summed E-state index contributed by atoms with van der Waals surface area (Å²) in [6, 6.07) is 4.85. The van der Waals surface area contributed by atoms with Crippen molar-refractivity contribution < 1.29 is 4.39 Å². The van der Waals surface area contributed by atoms with Gasteiger partial charge in [0.1, 0.15) is 5.82 Å². The van der Waals surface area contributed by atoms with Crippen LogP contribution in [0.4, 0.5) is 4.39 Å². The molecule has 4 nitrogen and oxygen atoms in total. The maximum absolute atomic E-state index is 13.4. The second-order valence-corrected chi connectivity index (χ2v) is 5.84. The van der Waals surface area contributed by atoms with Crippen molar-refractivity contribution in [3.63, 3.8) is 0 Å². The van der Waals surface area contributed by atoms with Gasteiger partial charge in [0, 0.05) is 36.7 Å². The van der Waals surface area contributed by atoms with Crippen molar-refractivity contribution in [3.8, 4) is 0 Å². The summed E-state index contributed by atoms with van der Waals surface area (Å²) in [5.41, 5.74) is 2.10. The lowest BCUT2D eigenvalue weighted by atomic mass is 10.1. The maximum atomic E-state index is 13.4. The number of aliphatic imine (C=N–C) groups is 1. The number of aromatic nitrogens is 1. The Labute approximate surface area is 130 Å². The molecule has 0 bridgehead atoms. The molecule has 1 saturated carbocycles. The molecule has 0 saturated heterocycles. The predicted molar refractivity (Wildman–Crippen MR) is 88.7 cm³/mol. The molecular formula is C17H23FN4. The van der Waals surface area contributed by atoms with Crippen molar-refractivity contribution in [2.75, 3.05) is 19.6 Å². The smallest absolute Gasteiger partial charge is 0.191 e. The molecule has 1 fully saturated rings. The van der Waals surface area contributed by atoms with E-state index in [0.717, 1.165) is 54.4 Å². The molecule has 118 valence electrons. The Morgan fingerprint density at radius 1 is 1.36 bits per heavy atom. The van der Waals surface area contributed by atoms with Crippen molar-refractivity contribution in [3.05, 3.63) is 35.8 Å². The first-order valence-electron chi connectivity index (χ1n) is 8.04. The zero-order valence-corrected chi connectivity index (χ0v) is 13.0. The van der Waals surface area contributed by atoms with Crippen LogP contribution in [0.15, 0.2) is 29.4 Å². The normalized spacial score (nSPS) is 15.3. The Kier molecular flexibility index (Phi) is 4.61. The predicted octanol–water partition coefficient (Wildman–Crippen LogP) is 2.81. The highest BCUT2D eigenvalue weighted by Gasteiger charge is 2.20. The van der Waals surface area contributed by atoms with Gasteiger partial charge in [-0.25, -0.2) is 4.39 Å². The summed E-state index contributed by atoms with van der Waals surface area (Å²) < 4.78 is 13.4. The highest BCUT2D eigenvalue weighted by Crippen LogP contribution is 2.28. The third-order valence-electron chi connectivity index (χ3n) is 3.96. The first kappa shape index (κ1) is 14.9. The fourth-order valence-corrected chi connectivity index (χ4v) is 2.54. The zero-order chi connectivity index (χ0) is 15.4. The van der Waals surface area contributed by atoms with E-state index in [1.807, 2.05) is 6.20 Å². The van der Waals surface area contributed by atoms with Gasteiger partial charge in [0.2, 0.25) is 0 Å². The van der Waals surface area contributed by atoms with Gasteiger partial charge in [-0.2, -0.15) is 0 Å². The van der Waals surface area contributed by atoms with Crippen LogP contribution in [0.1, 0.15) is 25.3 Å². The molecule has 1 aromatic heterocycles. The van der Waals surface area contributed by atoms with Crippen LogP contribution >= 0.6 is 0 Å². The quantitative estimate of drug-likeness (QED) is 0.568. The summed E-state index contributed by atoms with van der Waals surface area (Å²) in [7, 11) is 0. The van der Waals surface area contributed by atoms with Gasteiger partial charge in [-0.1, -0.05) is 0 Å². The van der Waals surface area contributed by atoms with Crippen molar-refractivity contribution in [1.29, 1.82) is 0 Å². The summed E-state index contributed by atoms with van der Waals surface area (Å²) >= 11 is 0. The van der Waals surface area contributed by atoms with Crippen molar-refractivity contribution in [2.24, 2.45) is 10.9 Å². The molecule has 22 heavy (non-hydrogen) atoms. The van der Waals surface area contributed by atoms with Crippen LogP contribution in [0.2, 0.25) is 0 Å². The van der Waals surface area contributed by atoms with Crippen LogP contribution in [0.25, 0.3) is 10.9 Å². The lowest BCUT2D eigenvalue weighted by Gasteiger charge is -2.11.